The molecular weight excluding hydrogens is 362 g/mol. The Labute approximate surface area is 163 Å². The van der Waals surface area contributed by atoms with E-state index in [1.807, 2.05) is 36.4 Å². The summed E-state index contributed by atoms with van der Waals surface area (Å²) in [5, 5.41) is 11.2. The van der Waals surface area contributed by atoms with Gasteiger partial charge in [0, 0.05) is 28.9 Å². The molecule has 6 heteroatoms. The van der Waals surface area contributed by atoms with Crippen molar-refractivity contribution >= 4 is 17.4 Å². The third-order valence-corrected chi connectivity index (χ3v) is 4.90. The number of aromatic hydroxyl groups is 1. The van der Waals surface area contributed by atoms with Gasteiger partial charge in [0.25, 0.3) is 0 Å². The Hall–Kier alpha value is -2.79. The second kappa shape index (κ2) is 7.45. The Bertz CT molecular complexity index is 977. The van der Waals surface area contributed by atoms with Gasteiger partial charge >= 0.3 is 0 Å². The Morgan fingerprint density at radius 1 is 1.15 bits per heavy atom. The van der Waals surface area contributed by atoms with Crippen LogP contribution in [0, 0.1) is 0 Å². The van der Waals surface area contributed by atoms with Crippen LogP contribution in [-0.4, -0.2) is 28.2 Å². The molecule has 0 unspecified atom stereocenters. The summed E-state index contributed by atoms with van der Waals surface area (Å²) in [6, 6.07) is 13.4. The maximum atomic E-state index is 10.5. The number of fused-ring (bicyclic) bond motifs is 1. The minimum Gasteiger partial charge on any atom is -0.504 e. The summed E-state index contributed by atoms with van der Waals surface area (Å²) in [6.45, 7) is 3.82. The molecule has 1 aliphatic heterocycles. The fourth-order valence-corrected chi connectivity index (χ4v) is 3.47. The summed E-state index contributed by atoms with van der Waals surface area (Å²) in [5.41, 5.74) is 3.77. The predicted octanol–water partition coefficient (Wildman–Crippen LogP) is 4.46. The highest BCUT2D eigenvalue weighted by Crippen LogP contribution is 2.38. The van der Waals surface area contributed by atoms with Gasteiger partial charge in [-0.05, 0) is 41.8 Å². The van der Waals surface area contributed by atoms with Crippen LogP contribution in [0.4, 0.5) is 5.82 Å². The SMILES string of the molecule is CCc1cc(N2CCOc3c(O)cc(-c4cccc(Cl)c4)cc3C2)ncn1. The van der Waals surface area contributed by atoms with Gasteiger partial charge in [-0.1, -0.05) is 30.7 Å². The maximum Gasteiger partial charge on any atom is 0.166 e. The number of anilines is 1. The van der Waals surface area contributed by atoms with Crippen molar-refractivity contribution in [3.8, 4) is 22.6 Å². The van der Waals surface area contributed by atoms with Crippen molar-refractivity contribution in [2.75, 3.05) is 18.1 Å². The molecule has 3 aromatic rings. The van der Waals surface area contributed by atoms with Crippen LogP contribution in [0.1, 0.15) is 18.2 Å². The number of phenolic OH excluding ortho intramolecular Hbond substituents is 1. The zero-order valence-corrected chi connectivity index (χ0v) is 15.8. The van der Waals surface area contributed by atoms with Crippen molar-refractivity contribution in [3.05, 3.63) is 65.1 Å². The molecule has 1 aliphatic rings. The monoisotopic (exact) mass is 381 g/mol. The Balaban J connectivity index is 1.72. The molecule has 0 aliphatic carbocycles. The number of nitrogens with zero attached hydrogens (tertiary/aromatic N) is 3. The molecule has 138 valence electrons. The van der Waals surface area contributed by atoms with E-state index >= 15 is 0 Å². The number of hydrogen-bond donors (Lipinski definition) is 1. The first-order chi connectivity index (χ1) is 13.1. The van der Waals surface area contributed by atoms with Crippen LogP contribution >= 0.6 is 11.6 Å². The molecule has 0 fully saturated rings. The third-order valence-electron chi connectivity index (χ3n) is 4.67. The average molecular weight is 382 g/mol. The van der Waals surface area contributed by atoms with Crippen LogP contribution in [0.2, 0.25) is 5.02 Å². The highest BCUT2D eigenvalue weighted by Gasteiger charge is 2.21. The Morgan fingerprint density at radius 3 is 2.85 bits per heavy atom. The van der Waals surface area contributed by atoms with Crippen molar-refractivity contribution in [3.63, 3.8) is 0 Å². The minimum atomic E-state index is 0.140. The van der Waals surface area contributed by atoms with Gasteiger partial charge in [0.05, 0.1) is 6.54 Å². The first-order valence-corrected chi connectivity index (χ1v) is 9.32. The normalized spacial score (nSPS) is 13.6. The van der Waals surface area contributed by atoms with Crippen molar-refractivity contribution < 1.29 is 9.84 Å². The molecule has 0 spiro atoms. The number of hydrogen-bond acceptors (Lipinski definition) is 5. The number of phenols is 1. The first kappa shape index (κ1) is 17.6. The van der Waals surface area contributed by atoms with Crippen LogP contribution in [0.3, 0.4) is 0 Å². The van der Waals surface area contributed by atoms with Crippen LogP contribution in [0.15, 0.2) is 48.8 Å². The van der Waals surface area contributed by atoms with Gasteiger partial charge in [0.15, 0.2) is 11.5 Å². The molecule has 0 amide bonds. The van der Waals surface area contributed by atoms with Gasteiger partial charge < -0.3 is 14.7 Å². The van der Waals surface area contributed by atoms with Crippen molar-refractivity contribution in [1.29, 1.82) is 0 Å². The van der Waals surface area contributed by atoms with E-state index in [2.05, 4.69) is 21.8 Å². The number of halogens is 1. The fourth-order valence-electron chi connectivity index (χ4n) is 3.28. The summed E-state index contributed by atoms with van der Waals surface area (Å²) in [7, 11) is 0. The topological polar surface area (TPSA) is 58.5 Å². The molecule has 2 aromatic carbocycles. The summed E-state index contributed by atoms with van der Waals surface area (Å²) in [5.74, 6) is 1.54. The zero-order chi connectivity index (χ0) is 18.8. The second-order valence-corrected chi connectivity index (χ2v) is 6.92. The lowest BCUT2D eigenvalue weighted by Crippen LogP contribution is -2.26. The molecule has 1 aromatic heterocycles. The van der Waals surface area contributed by atoms with E-state index in [4.69, 9.17) is 16.3 Å². The van der Waals surface area contributed by atoms with Gasteiger partial charge in [-0.15, -0.1) is 0 Å². The fraction of sp³-hybridized carbons (Fsp3) is 0.238. The number of ether oxygens (including phenoxy) is 1. The standard InChI is InChI=1S/C21H20ClN3O2/c1-2-18-11-20(24-13-23-18)25-6-7-27-21-16(12-25)8-15(10-19(21)26)14-4-3-5-17(22)9-14/h3-5,8-11,13,26H,2,6-7,12H2,1H3. The van der Waals surface area contributed by atoms with E-state index in [1.54, 1.807) is 12.4 Å². The summed E-state index contributed by atoms with van der Waals surface area (Å²) < 4.78 is 5.84. The molecule has 0 bridgehead atoms. The molecular formula is C21H20ClN3O2. The van der Waals surface area contributed by atoms with E-state index in [1.165, 1.54) is 0 Å². The number of benzene rings is 2. The lowest BCUT2D eigenvalue weighted by atomic mass is 10.0. The molecule has 5 nitrogen and oxygen atoms in total. The van der Waals surface area contributed by atoms with Gasteiger partial charge in [-0.25, -0.2) is 9.97 Å². The quantitative estimate of drug-likeness (QED) is 0.725. The molecule has 0 radical (unpaired) electrons. The van der Waals surface area contributed by atoms with E-state index in [-0.39, 0.29) is 5.75 Å². The lowest BCUT2D eigenvalue weighted by molar-refractivity contribution is 0.311. The third kappa shape index (κ3) is 3.69. The first-order valence-electron chi connectivity index (χ1n) is 8.94. The van der Waals surface area contributed by atoms with Crippen molar-refractivity contribution in [1.82, 2.24) is 9.97 Å². The van der Waals surface area contributed by atoms with Crippen molar-refractivity contribution in [2.45, 2.75) is 19.9 Å². The second-order valence-electron chi connectivity index (χ2n) is 6.49. The Kier molecular flexibility index (Phi) is 4.86. The van der Waals surface area contributed by atoms with Gasteiger partial charge in [-0.2, -0.15) is 0 Å². The van der Waals surface area contributed by atoms with Gasteiger partial charge in [0.1, 0.15) is 18.8 Å². The van der Waals surface area contributed by atoms with Crippen molar-refractivity contribution in [2.24, 2.45) is 0 Å². The summed E-state index contributed by atoms with van der Waals surface area (Å²) in [4.78, 5) is 10.8. The summed E-state index contributed by atoms with van der Waals surface area (Å²) in [6.07, 6.45) is 2.46. The van der Waals surface area contributed by atoms with Crippen LogP contribution < -0.4 is 9.64 Å². The maximum absolute atomic E-state index is 10.5. The van der Waals surface area contributed by atoms with Crippen LogP contribution in [-0.2, 0) is 13.0 Å². The Morgan fingerprint density at radius 2 is 2.04 bits per heavy atom. The van der Waals surface area contributed by atoms with E-state index < -0.39 is 0 Å². The molecule has 0 saturated heterocycles. The minimum absolute atomic E-state index is 0.140. The molecule has 2 heterocycles. The van der Waals surface area contributed by atoms with Gasteiger partial charge in [-0.3, -0.25) is 0 Å². The van der Waals surface area contributed by atoms with E-state index in [9.17, 15) is 5.11 Å². The number of rotatable bonds is 3. The smallest absolute Gasteiger partial charge is 0.166 e. The molecule has 4 rings (SSSR count). The lowest BCUT2D eigenvalue weighted by Gasteiger charge is -2.21. The van der Waals surface area contributed by atoms with Crippen LogP contribution in [0.25, 0.3) is 11.1 Å². The average Bonchev–Trinajstić information content (AvgIpc) is 2.91. The molecule has 0 atom stereocenters. The summed E-state index contributed by atoms with van der Waals surface area (Å²) >= 11 is 6.13. The largest absolute Gasteiger partial charge is 0.504 e. The zero-order valence-electron chi connectivity index (χ0n) is 15.0. The van der Waals surface area contributed by atoms with E-state index in [0.717, 1.165) is 34.6 Å². The highest BCUT2D eigenvalue weighted by atomic mass is 35.5. The predicted molar refractivity (Wildman–Crippen MR) is 107 cm³/mol. The van der Waals surface area contributed by atoms with E-state index in [0.29, 0.717) is 30.5 Å². The molecule has 1 N–H and O–H groups in total. The number of aryl methyl sites for hydroxylation is 1. The highest BCUT2D eigenvalue weighted by molar-refractivity contribution is 6.30. The molecule has 27 heavy (non-hydrogen) atoms. The van der Waals surface area contributed by atoms with Crippen LogP contribution in [0.5, 0.6) is 11.5 Å². The number of aromatic nitrogens is 2. The van der Waals surface area contributed by atoms with Gasteiger partial charge in [0.2, 0.25) is 0 Å². The molecule has 0 saturated carbocycles.